The number of rotatable bonds is 6. The summed E-state index contributed by atoms with van der Waals surface area (Å²) in [6.07, 6.45) is 0. The maximum atomic E-state index is 6.23. The number of anilines is 3. The number of oxazole rings is 1. The van der Waals surface area contributed by atoms with Crippen LogP contribution in [0.2, 0.25) is 0 Å². The Balaban J connectivity index is 1.10. The molecule has 0 fully saturated rings. The lowest BCUT2D eigenvalue weighted by Crippen LogP contribution is -2.10. The van der Waals surface area contributed by atoms with Gasteiger partial charge in [0.05, 0.1) is 0 Å². The van der Waals surface area contributed by atoms with Crippen molar-refractivity contribution >= 4 is 70.4 Å². The molecule has 0 aliphatic rings. The summed E-state index contributed by atoms with van der Waals surface area (Å²) in [5.74, 6) is 0.643. The molecule has 51 heavy (non-hydrogen) atoms. The molecule has 10 aromatic rings. The molecule has 10 rings (SSSR count). The summed E-state index contributed by atoms with van der Waals surface area (Å²) >= 11 is 1.79. The van der Waals surface area contributed by atoms with Gasteiger partial charge >= 0.3 is 0 Å². The Labute approximate surface area is 299 Å². The first-order chi connectivity index (χ1) is 25.2. The number of fused-ring (bicyclic) bond motifs is 5. The maximum Gasteiger partial charge on any atom is 0.227 e. The minimum absolute atomic E-state index is 0.643. The third kappa shape index (κ3) is 5.34. The lowest BCUT2D eigenvalue weighted by atomic mass is 10.0. The number of hydrogen-bond donors (Lipinski definition) is 0. The zero-order chi connectivity index (χ0) is 33.7. The molecule has 0 amide bonds. The molecule has 240 valence electrons. The Hall–Kier alpha value is -6.49. The van der Waals surface area contributed by atoms with Crippen molar-refractivity contribution in [3.63, 3.8) is 0 Å². The van der Waals surface area contributed by atoms with E-state index in [2.05, 4.69) is 157 Å². The largest absolute Gasteiger partial charge is 0.436 e. The van der Waals surface area contributed by atoms with Crippen molar-refractivity contribution in [3.05, 3.63) is 182 Å². The summed E-state index contributed by atoms with van der Waals surface area (Å²) in [4.78, 5) is 7.25. The molecular weight excluding hydrogens is 641 g/mol. The van der Waals surface area contributed by atoms with Crippen LogP contribution in [-0.2, 0) is 0 Å². The van der Waals surface area contributed by atoms with Gasteiger partial charge in [0.15, 0.2) is 5.58 Å². The third-order valence-electron chi connectivity index (χ3n) is 9.66. The molecule has 0 unspecified atom stereocenters. The Bertz CT molecular complexity index is 2850. The Morgan fingerprint density at radius 3 is 1.86 bits per heavy atom. The van der Waals surface area contributed by atoms with E-state index in [0.717, 1.165) is 33.7 Å². The van der Waals surface area contributed by atoms with Crippen LogP contribution in [0.5, 0.6) is 0 Å². The minimum Gasteiger partial charge on any atom is -0.436 e. The van der Waals surface area contributed by atoms with Crippen molar-refractivity contribution < 1.29 is 4.42 Å². The van der Waals surface area contributed by atoms with Crippen LogP contribution in [0.1, 0.15) is 0 Å². The highest BCUT2D eigenvalue weighted by molar-refractivity contribution is 7.25. The molecule has 0 saturated carbocycles. The average Bonchev–Trinajstić information content (AvgIpc) is 3.78. The number of aromatic nitrogens is 1. The fourth-order valence-electron chi connectivity index (χ4n) is 7.10. The van der Waals surface area contributed by atoms with Gasteiger partial charge in [-0.25, -0.2) is 4.98 Å². The highest BCUT2D eigenvalue weighted by atomic mass is 32.1. The summed E-state index contributed by atoms with van der Waals surface area (Å²) in [6, 6.07) is 64.8. The van der Waals surface area contributed by atoms with Gasteiger partial charge in [0, 0.05) is 48.9 Å². The van der Waals surface area contributed by atoms with E-state index < -0.39 is 0 Å². The average molecular weight is 671 g/mol. The van der Waals surface area contributed by atoms with Gasteiger partial charge in [-0.05, 0) is 99.8 Å². The van der Waals surface area contributed by atoms with Gasteiger partial charge in [-0.1, -0.05) is 109 Å². The molecule has 0 aliphatic heterocycles. The van der Waals surface area contributed by atoms with E-state index in [4.69, 9.17) is 9.40 Å². The molecular formula is C47H30N2OS. The zero-order valence-corrected chi connectivity index (χ0v) is 28.3. The number of benzene rings is 8. The van der Waals surface area contributed by atoms with Crippen LogP contribution in [0.4, 0.5) is 17.1 Å². The number of hydrogen-bond acceptors (Lipinski definition) is 4. The minimum atomic E-state index is 0.643. The first kappa shape index (κ1) is 29.4. The van der Waals surface area contributed by atoms with E-state index >= 15 is 0 Å². The second kappa shape index (κ2) is 12.1. The third-order valence-corrected chi connectivity index (χ3v) is 10.8. The number of thiophene rings is 1. The molecule has 3 nitrogen and oxygen atoms in total. The molecule has 0 N–H and O–H groups in total. The van der Waals surface area contributed by atoms with Crippen molar-refractivity contribution in [2.24, 2.45) is 0 Å². The molecule has 8 aromatic carbocycles. The predicted molar refractivity (Wildman–Crippen MR) is 215 cm³/mol. The SMILES string of the molecule is c1ccc(-c2cccc(N(c3ccc(-c4ccc5ccccc5c4)cc3)c3ccc4sc5cc6oc(-c7ccccc7)nc6cc5c4c3)c2)cc1. The lowest BCUT2D eigenvalue weighted by Gasteiger charge is -2.26. The summed E-state index contributed by atoms with van der Waals surface area (Å²) in [7, 11) is 0. The van der Waals surface area contributed by atoms with Crippen LogP contribution in [0, 0.1) is 0 Å². The molecule has 0 radical (unpaired) electrons. The fraction of sp³-hybridized carbons (Fsp3) is 0. The summed E-state index contributed by atoms with van der Waals surface area (Å²) in [5.41, 5.74) is 10.7. The highest BCUT2D eigenvalue weighted by Crippen LogP contribution is 2.43. The second-order valence-electron chi connectivity index (χ2n) is 12.8. The van der Waals surface area contributed by atoms with E-state index in [1.807, 2.05) is 30.3 Å². The van der Waals surface area contributed by atoms with Crippen LogP contribution in [0.15, 0.2) is 186 Å². The van der Waals surface area contributed by atoms with Gasteiger partial charge in [0.1, 0.15) is 5.52 Å². The lowest BCUT2D eigenvalue weighted by molar-refractivity contribution is 0.620. The van der Waals surface area contributed by atoms with Crippen molar-refractivity contribution in [2.75, 3.05) is 4.90 Å². The molecule has 0 bridgehead atoms. The molecule has 0 atom stereocenters. The monoisotopic (exact) mass is 670 g/mol. The van der Waals surface area contributed by atoms with Gasteiger partial charge in [-0.2, -0.15) is 0 Å². The topological polar surface area (TPSA) is 29.3 Å². The van der Waals surface area contributed by atoms with Crippen molar-refractivity contribution in [1.29, 1.82) is 0 Å². The molecule has 2 aromatic heterocycles. The second-order valence-corrected chi connectivity index (χ2v) is 13.9. The van der Waals surface area contributed by atoms with E-state index in [0.29, 0.717) is 5.89 Å². The number of nitrogens with zero attached hydrogens (tertiary/aromatic N) is 2. The smallest absolute Gasteiger partial charge is 0.227 e. The van der Waals surface area contributed by atoms with E-state index in [1.165, 1.54) is 53.2 Å². The molecule has 4 heteroatoms. The Kier molecular flexibility index (Phi) is 7.00. The van der Waals surface area contributed by atoms with Crippen molar-refractivity contribution in [1.82, 2.24) is 4.98 Å². The molecule has 2 heterocycles. The van der Waals surface area contributed by atoms with E-state index in [-0.39, 0.29) is 0 Å². The summed E-state index contributed by atoms with van der Waals surface area (Å²) in [6.45, 7) is 0. The first-order valence-electron chi connectivity index (χ1n) is 17.1. The summed E-state index contributed by atoms with van der Waals surface area (Å²) in [5, 5.41) is 4.88. The Morgan fingerprint density at radius 1 is 0.412 bits per heavy atom. The van der Waals surface area contributed by atoms with Gasteiger partial charge in [-0.3, -0.25) is 0 Å². The zero-order valence-electron chi connectivity index (χ0n) is 27.5. The first-order valence-corrected chi connectivity index (χ1v) is 17.9. The van der Waals surface area contributed by atoms with Gasteiger partial charge in [-0.15, -0.1) is 11.3 Å². The molecule has 0 spiro atoms. The van der Waals surface area contributed by atoms with Crippen LogP contribution in [0.25, 0.3) is 75.8 Å². The van der Waals surface area contributed by atoms with Crippen molar-refractivity contribution in [3.8, 4) is 33.7 Å². The predicted octanol–water partition coefficient (Wildman–Crippen LogP) is 13.8. The standard InChI is InChI=1S/C47H30N2OS/c1-3-10-31(11-4-1)36-16-9-17-39(27-36)49(38-22-20-33(21-23-38)37-19-18-32-12-7-8-15-35(32)26-37)40-24-25-45-41(28-40)42-29-43-44(30-46(42)51-45)50-47(48-43)34-13-5-2-6-14-34/h1-30H. The maximum absolute atomic E-state index is 6.23. The van der Waals surface area contributed by atoms with Crippen molar-refractivity contribution in [2.45, 2.75) is 0 Å². The molecule has 0 aliphatic carbocycles. The normalized spacial score (nSPS) is 11.5. The van der Waals surface area contributed by atoms with Gasteiger partial charge in [0.25, 0.3) is 0 Å². The van der Waals surface area contributed by atoms with Crippen LogP contribution in [0.3, 0.4) is 0 Å². The van der Waals surface area contributed by atoms with Gasteiger partial charge < -0.3 is 9.32 Å². The van der Waals surface area contributed by atoms with Crippen LogP contribution >= 0.6 is 11.3 Å². The van der Waals surface area contributed by atoms with E-state index in [1.54, 1.807) is 11.3 Å². The fourth-order valence-corrected chi connectivity index (χ4v) is 8.20. The van der Waals surface area contributed by atoms with E-state index in [9.17, 15) is 0 Å². The van der Waals surface area contributed by atoms with Crippen LogP contribution in [-0.4, -0.2) is 4.98 Å². The quantitative estimate of drug-likeness (QED) is 0.176. The highest BCUT2D eigenvalue weighted by Gasteiger charge is 2.18. The summed E-state index contributed by atoms with van der Waals surface area (Å²) < 4.78 is 8.65. The van der Waals surface area contributed by atoms with Gasteiger partial charge in [0.2, 0.25) is 5.89 Å². The Morgan fingerprint density at radius 2 is 1.04 bits per heavy atom. The molecule has 0 saturated heterocycles. The van der Waals surface area contributed by atoms with Crippen LogP contribution < -0.4 is 4.90 Å².